The maximum atomic E-state index is 12.0. The molecule has 1 atom stereocenters. The minimum absolute atomic E-state index is 0.115. The van der Waals surface area contributed by atoms with E-state index in [0.29, 0.717) is 6.04 Å². The molecule has 1 fully saturated rings. The Kier molecular flexibility index (Phi) is 4.14. The van der Waals surface area contributed by atoms with Gasteiger partial charge < -0.3 is 10.0 Å². The molecule has 15 heavy (non-hydrogen) atoms. The third-order valence-corrected chi connectivity index (χ3v) is 3.13. The second-order valence-electron chi connectivity index (χ2n) is 4.97. The van der Waals surface area contributed by atoms with E-state index in [0.717, 1.165) is 25.8 Å². The minimum Gasteiger partial charge on any atom is -0.381 e. The van der Waals surface area contributed by atoms with Crippen molar-refractivity contribution in [1.29, 1.82) is 0 Å². The van der Waals surface area contributed by atoms with Gasteiger partial charge in [0.15, 0.2) is 0 Å². The predicted octanol–water partition coefficient (Wildman–Crippen LogP) is 1.94. The van der Waals surface area contributed by atoms with Crippen LogP contribution in [0.3, 0.4) is 0 Å². The average Bonchev–Trinajstić information content (AvgIpc) is 2.39. The van der Waals surface area contributed by atoms with Crippen molar-refractivity contribution < 1.29 is 9.90 Å². The number of carbonyl (C=O) groups is 1. The molecule has 0 spiro atoms. The zero-order chi connectivity index (χ0) is 11.5. The first kappa shape index (κ1) is 12.5. The van der Waals surface area contributed by atoms with Gasteiger partial charge in [-0.1, -0.05) is 19.8 Å². The Balaban J connectivity index is 2.74. The Labute approximate surface area is 92.5 Å². The van der Waals surface area contributed by atoms with Gasteiger partial charge in [-0.25, -0.2) is 0 Å². The molecule has 1 N–H and O–H groups in total. The van der Waals surface area contributed by atoms with Crippen LogP contribution in [0.2, 0.25) is 0 Å². The molecule has 88 valence electrons. The lowest BCUT2D eigenvalue weighted by molar-refractivity contribution is -0.150. The predicted molar refractivity (Wildman–Crippen MR) is 60.6 cm³/mol. The van der Waals surface area contributed by atoms with E-state index in [9.17, 15) is 9.90 Å². The first-order valence-electron chi connectivity index (χ1n) is 6.00. The van der Waals surface area contributed by atoms with Gasteiger partial charge in [-0.3, -0.25) is 4.79 Å². The number of rotatable bonds is 2. The van der Waals surface area contributed by atoms with Gasteiger partial charge in [-0.05, 0) is 33.1 Å². The molecule has 1 amide bonds. The second-order valence-corrected chi connectivity index (χ2v) is 4.97. The molecule has 3 heteroatoms. The Bertz CT molecular complexity index is 220. The molecule has 0 aliphatic carbocycles. The maximum absolute atomic E-state index is 12.0. The summed E-state index contributed by atoms with van der Waals surface area (Å²) in [5.41, 5.74) is -1.22. The first-order chi connectivity index (χ1) is 6.96. The summed E-state index contributed by atoms with van der Waals surface area (Å²) in [6.07, 6.45) is 5.54. The summed E-state index contributed by atoms with van der Waals surface area (Å²) in [5, 5.41) is 9.75. The molecule has 3 nitrogen and oxygen atoms in total. The molecular weight excluding hydrogens is 190 g/mol. The number of hydrogen-bond acceptors (Lipinski definition) is 2. The topological polar surface area (TPSA) is 40.5 Å². The summed E-state index contributed by atoms with van der Waals surface area (Å²) in [4.78, 5) is 13.9. The third kappa shape index (κ3) is 3.20. The van der Waals surface area contributed by atoms with E-state index in [4.69, 9.17) is 0 Å². The van der Waals surface area contributed by atoms with Crippen LogP contribution in [0.15, 0.2) is 0 Å². The first-order valence-corrected chi connectivity index (χ1v) is 6.00. The number of amides is 1. The standard InChI is InChI=1S/C12H23NO2/c1-4-10-8-6-5-7-9-13(10)11(14)12(2,3)15/h10,15H,4-9H2,1-3H3. The van der Waals surface area contributed by atoms with E-state index in [1.54, 1.807) is 13.8 Å². The molecule has 1 rings (SSSR count). The van der Waals surface area contributed by atoms with Crippen LogP contribution in [0.1, 0.15) is 52.9 Å². The van der Waals surface area contributed by atoms with E-state index in [1.807, 2.05) is 4.90 Å². The van der Waals surface area contributed by atoms with E-state index < -0.39 is 5.60 Å². The van der Waals surface area contributed by atoms with Gasteiger partial charge in [0.1, 0.15) is 5.60 Å². The van der Waals surface area contributed by atoms with Gasteiger partial charge in [0.25, 0.3) is 5.91 Å². The molecule has 0 radical (unpaired) electrons. The van der Waals surface area contributed by atoms with Crippen LogP contribution in [-0.4, -0.2) is 34.1 Å². The molecule has 0 aromatic carbocycles. The van der Waals surface area contributed by atoms with E-state index >= 15 is 0 Å². The van der Waals surface area contributed by atoms with Gasteiger partial charge in [0.2, 0.25) is 0 Å². The molecule has 1 saturated heterocycles. The summed E-state index contributed by atoms with van der Waals surface area (Å²) in [6.45, 7) is 6.07. The highest BCUT2D eigenvalue weighted by atomic mass is 16.3. The van der Waals surface area contributed by atoms with Crippen molar-refractivity contribution in [3.8, 4) is 0 Å². The van der Waals surface area contributed by atoms with Crippen LogP contribution in [0, 0.1) is 0 Å². The number of carbonyl (C=O) groups excluding carboxylic acids is 1. The summed E-state index contributed by atoms with van der Waals surface area (Å²) in [7, 11) is 0. The molecule has 1 heterocycles. The Morgan fingerprint density at radius 2 is 2.07 bits per heavy atom. The summed E-state index contributed by atoms with van der Waals surface area (Å²) >= 11 is 0. The lowest BCUT2D eigenvalue weighted by Crippen LogP contribution is -2.49. The highest BCUT2D eigenvalue weighted by Gasteiger charge is 2.33. The number of nitrogens with zero attached hydrogens (tertiary/aromatic N) is 1. The third-order valence-electron chi connectivity index (χ3n) is 3.13. The highest BCUT2D eigenvalue weighted by Crippen LogP contribution is 2.22. The maximum Gasteiger partial charge on any atom is 0.254 e. The normalized spacial score (nSPS) is 23.7. The quantitative estimate of drug-likeness (QED) is 0.761. The highest BCUT2D eigenvalue weighted by molar-refractivity contribution is 5.84. The van der Waals surface area contributed by atoms with Crippen molar-refractivity contribution in [2.24, 2.45) is 0 Å². The van der Waals surface area contributed by atoms with Gasteiger partial charge in [0, 0.05) is 12.6 Å². The zero-order valence-electron chi connectivity index (χ0n) is 10.1. The number of likely N-dealkylation sites (tertiary alicyclic amines) is 1. The molecule has 0 aromatic rings. The molecular formula is C12H23NO2. The summed E-state index contributed by atoms with van der Waals surface area (Å²) in [5.74, 6) is -0.115. The monoisotopic (exact) mass is 213 g/mol. The van der Waals surface area contributed by atoms with Crippen molar-refractivity contribution in [3.63, 3.8) is 0 Å². The lowest BCUT2D eigenvalue weighted by atomic mass is 10.0. The fourth-order valence-corrected chi connectivity index (χ4v) is 2.22. The largest absolute Gasteiger partial charge is 0.381 e. The van der Waals surface area contributed by atoms with Crippen molar-refractivity contribution in [1.82, 2.24) is 4.90 Å². The average molecular weight is 213 g/mol. The number of aliphatic hydroxyl groups is 1. The zero-order valence-corrected chi connectivity index (χ0v) is 10.1. The molecule has 1 unspecified atom stereocenters. The van der Waals surface area contributed by atoms with Crippen LogP contribution >= 0.6 is 0 Å². The van der Waals surface area contributed by atoms with Crippen LogP contribution in [0.5, 0.6) is 0 Å². The smallest absolute Gasteiger partial charge is 0.254 e. The fourth-order valence-electron chi connectivity index (χ4n) is 2.22. The SMILES string of the molecule is CCC1CCCCCN1C(=O)C(C)(C)O. The molecule has 0 bridgehead atoms. The molecule has 1 aliphatic heterocycles. The van der Waals surface area contributed by atoms with Crippen LogP contribution in [0.25, 0.3) is 0 Å². The van der Waals surface area contributed by atoms with Crippen molar-refractivity contribution in [3.05, 3.63) is 0 Å². The minimum atomic E-state index is -1.22. The van der Waals surface area contributed by atoms with Gasteiger partial charge in [0.05, 0.1) is 0 Å². The van der Waals surface area contributed by atoms with E-state index in [1.165, 1.54) is 12.8 Å². The second kappa shape index (κ2) is 4.97. The van der Waals surface area contributed by atoms with Gasteiger partial charge in [-0.2, -0.15) is 0 Å². The Morgan fingerprint density at radius 3 is 2.60 bits per heavy atom. The van der Waals surface area contributed by atoms with Gasteiger partial charge >= 0.3 is 0 Å². The van der Waals surface area contributed by atoms with E-state index in [-0.39, 0.29) is 5.91 Å². The molecule has 0 aromatic heterocycles. The Morgan fingerprint density at radius 1 is 1.40 bits per heavy atom. The fraction of sp³-hybridized carbons (Fsp3) is 0.917. The van der Waals surface area contributed by atoms with E-state index in [2.05, 4.69) is 6.92 Å². The Hall–Kier alpha value is -0.570. The summed E-state index contributed by atoms with van der Waals surface area (Å²) < 4.78 is 0. The van der Waals surface area contributed by atoms with Crippen LogP contribution in [-0.2, 0) is 4.79 Å². The van der Waals surface area contributed by atoms with Crippen LogP contribution < -0.4 is 0 Å². The number of hydrogen-bond donors (Lipinski definition) is 1. The van der Waals surface area contributed by atoms with Crippen molar-refractivity contribution >= 4 is 5.91 Å². The summed E-state index contributed by atoms with van der Waals surface area (Å²) in [6, 6.07) is 0.325. The molecule has 1 aliphatic rings. The lowest BCUT2D eigenvalue weighted by Gasteiger charge is -2.33. The van der Waals surface area contributed by atoms with Crippen molar-refractivity contribution in [2.75, 3.05) is 6.54 Å². The van der Waals surface area contributed by atoms with Crippen LogP contribution in [0.4, 0.5) is 0 Å². The molecule has 0 saturated carbocycles. The van der Waals surface area contributed by atoms with Crippen molar-refractivity contribution in [2.45, 2.75) is 64.5 Å². The van der Waals surface area contributed by atoms with Gasteiger partial charge in [-0.15, -0.1) is 0 Å².